The molecule has 0 saturated heterocycles. The Morgan fingerprint density at radius 1 is 1.61 bits per heavy atom. The summed E-state index contributed by atoms with van der Waals surface area (Å²) >= 11 is 5.00. The zero-order chi connectivity index (χ0) is 13.5. The van der Waals surface area contributed by atoms with Crippen molar-refractivity contribution < 1.29 is 4.74 Å². The number of rotatable bonds is 7. The summed E-state index contributed by atoms with van der Waals surface area (Å²) in [6.45, 7) is 5.80. The van der Waals surface area contributed by atoms with Gasteiger partial charge in [-0.25, -0.2) is 4.98 Å². The quantitative estimate of drug-likeness (QED) is 0.765. The Hall–Kier alpha value is -1.20. The molecule has 0 aliphatic heterocycles. The van der Waals surface area contributed by atoms with Crippen molar-refractivity contribution in [3.05, 3.63) is 23.9 Å². The van der Waals surface area contributed by atoms with Crippen LogP contribution in [0.5, 0.6) is 0 Å². The predicted octanol–water partition coefficient (Wildman–Crippen LogP) is 1.97. The molecule has 4 nitrogen and oxygen atoms in total. The van der Waals surface area contributed by atoms with E-state index in [1.807, 2.05) is 12.1 Å². The molecule has 1 unspecified atom stereocenters. The van der Waals surface area contributed by atoms with Crippen LogP contribution in [0.25, 0.3) is 0 Å². The minimum absolute atomic E-state index is 0.397. The first-order chi connectivity index (χ1) is 8.60. The van der Waals surface area contributed by atoms with Crippen molar-refractivity contribution >= 4 is 23.0 Å². The zero-order valence-electron chi connectivity index (χ0n) is 11.2. The molecule has 0 aliphatic rings. The third kappa shape index (κ3) is 3.92. The van der Waals surface area contributed by atoms with Crippen LogP contribution < -0.4 is 10.6 Å². The van der Waals surface area contributed by atoms with Gasteiger partial charge in [0.05, 0.1) is 6.61 Å². The van der Waals surface area contributed by atoms with Gasteiger partial charge in [-0.1, -0.05) is 19.1 Å². The number of ether oxygens (including phenoxy) is 1. The number of anilines is 1. The monoisotopic (exact) mass is 267 g/mol. The fourth-order valence-corrected chi connectivity index (χ4v) is 1.83. The van der Waals surface area contributed by atoms with Crippen LogP contribution in [-0.4, -0.2) is 36.3 Å². The lowest BCUT2D eigenvalue weighted by atomic mass is 10.2. The van der Waals surface area contributed by atoms with Gasteiger partial charge in [-0.15, -0.1) is 0 Å². The largest absolute Gasteiger partial charge is 0.389 e. The number of nitrogens with two attached hydrogens (primary N) is 1. The molecule has 0 fully saturated rings. The molecule has 0 aliphatic carbocycles. The van der Waals surface area contributed by atoms with Crippen LogP contribution in [0.3, 0.4) is 0 Å². The molecule has 0 spiro atoms. The Bertz CT molecular complexity index is 398. The fourth-order valence-electron chi connectivity index (χ4n) is 1.70. The van der Waals surface area contributed by atoms with Gasteiger partial charge in [0, 0.05) is 31.5 Å². The molecule has 0 bridgehead atoms. The molecule has 0 amide bonds. The van der Waals surface area contributed by atoms with E-state index in [2.05, 4.69) is 23.7 Å². The number of methoxy groups -OCH3 is 1. The first-order valence-corrected chi connectivity index (χ1v) is 6.52. The molecule has 1 aromatic heterocycles. The standard InChI is InChI=1S/C13H21N3OS/c1-4-10(2)16(7-8-17-3)12-9-11(13(14)18)5-6-15-12/h5-6,9-10H,4,7-8H2,1-3H3,(H2,14,18). The van der Waals surface area contributed by atoms with Crippen LogP contribution in [0.2, 0.25) is 0 Å². The van der Waals surface area contributed by atoms with Crippen molar-refractivity contribution in [2.24, 2.45) is 5.73 Å². The Balaban J connectivity index is 2.96. The van der Waals surface area contributed by atoms with Gasteiger partial charge < -0.3 is 15.4 Å². The molecular weight excluding hydrogens is 246 g/mol. The van der Waals surface area contributed by atoms with Gasteiger partial charge in [-0.2, -0.15) is 0 Å². The van der Waals surface area contributed by atoms with Crippen molar-refractivity contribution in [3.8, 4) is 0 Å². The summed E-state index contributed by atoms with van der Waals surface area (Å²) in [6.07, 6.45) is 2.79. The molecule has 18 heavy (non-hydrogen) atoms. The van der Waals surface area contributed by atoms with Gasteiger partial charge in [0.25, 0.3) is 0 Å². The van der Waals surface area contributed by atoms with Crippen molar-refractivity contribution in [3.63, 3.8) is 0 Å². The molecule has 100 valence electrons. The van der Waals surface area contributed by atoms with Gasteiger partial charge in [-0.05, 0) is 25.5 Å². The minimum Gasteiger partial charge on any atom is -0.389 e. The van der Waals surface area contributed by atoms with Gasteiger partial charge in [0.2, 0.25) is 0 Å². The van der Waals surface area contributed by atoms with Crippen LogP contribution in [0.4, 0.5) is 5.82 Å². The summed E-state index contributed by atoms with van der Waals surface area (Å²) in [4.78, 5) is 7.01. The summed E-state index contributed by atoms with van der Waals surface area (Å²) in [5.41, 5.74) is 6.50. The number of thiocarbonyl (C=S) groups is 1. The summed E-state index contributed by atoms with van der Waals surface area (Å²) in [5.74, 6) is 0.895. The maximum Gasteiger partial charge on any atom is 0.129 e. The van der Waals surface area contributed by atoms with E-state index in [-0.39, 0.29) is 0 Å². The topological polar surface area (TPSA) is 51.4 Å². The van der Waals surface area contributed by atoms with Crippen molar-refractivity contribution in [2.75, 3.05) is 25.2 Å². The SMILES string of the molecule is CCC(C)N(CCOC)c1cc(C(N)=S)ccn1. The van der Waals surface area contributed by atoms with E-state index in [4.69, 9.17) is 22.7 Å². The summed E-state index contributed by atoms with van der Waals surface area (Å²) < 4.78 is 5.15. The third-order valence-corrected chi connectivity index (χ3v) is 3.22. The number of pyridine rings is 1. The normalized spacial score (nSPS) is 12.2. The molecule has 1 atom stereocenters. The summed E-state index contributed by atoms with van der Waals surface area (Å²) in [5, 5.41) is 0. The highest BCUT2D eigenvalue weighted by Gasteiger charge is 2.14. The van der Waals surface area contributed by atoms with E-state index in [1.54, 1.807) is 13.3 Å². The number of aromatic nitrogens is 1. The van der Waals surface area contributed by atoms with Crippen LogP contribution in [0.1, 0.15) is 25.8 Å². The Kier molecular flexibility index (Phi) is 6.01. The van der Waals surface area contributed by atoms with Crippen molar-refractivity contribution in [1.82, 2.24) is 4.98 Å². The maximum absolute atomic E-state index is 5.65. The Morgan fingerprint density at radius 3 is 2.89 bits per heavy atom. The van der Waals surface area contributed by atoms with Gasteiger partial charge in [0.15, 0.2) is 0 Å². The van der Waals surface area contributed by atoms with Gasteiger partial charge in [0.1, 0.15) is 10.8 Å². The van der Waals surface area contributed by atoms with Crippen LogP contribution in [-0.2, 0) is 4.74 Å². The lowest BCUT2D eigenvalue weighted by Gasteiger charge is -2.29. The molecular formula is C13H21N3OS. The van der Waals surface area contributed by atoms with Crippen LogP contribution >= 0.6 is 12.2 Å². The van der Waals surface area contributed by atoms with E-state index in [0.717, 1.165) is 24.3 Å². The highest BCUT2D eigenvalue weighted by atomic mass is 32.1. The third-order valence-electron chi connectivity index (χ3n) is 2.98. The fraction of sp³-hybridized carbons (Fsp3) is 0.538. The first kappa shape index (κ1) is 14.9. The Morgan fingerprint density at radius 2 is 2.33 bits per heavy atom. The predicted molar refractivity (Wildman–Crippen MR) is 79.1 cm³/mol. The Labute approximate surface area is 114 Å². The highest BCUT2D eigenvalue weighted by Crippen LogP contribution is 2.17. The minimum atomic E-state index is 0.397. The van der Waals surface area contributed by atoms with E-state index >= 15 is 0 Å². The van der Waals surface area contributed by atoms with E-state index in [0.29, 0.717) is 17.6 Å². The molecule has 1 heterocycles. The lowest BCUT2D eigenvalue weighted by Crippen LogP contribution is -2.36. The molecule has 0 aromatic carbocycles. The van der Waals surface area contributed by atoms with Crippen molar-refractivity contribution in [2.45, 2.75) is 26.3 Å². The number of hydrogen-bond donors (Lipinski definition) is 1. The van der Waals surface area contributed by atoms with Crippen molar-refractivity contribution in [1.29, 1.82) is 0 Å². The maximum atomic E-state index is 5.65. The van der Waals surface area contributed by atoms with E-state index < -0.39 is 0 Å². The molecule has 2 N–H and O–H groups in total. The second-order valence-corrected chi connectivity index (χ2v) is 4.65. The van der Waals surface area contributed by atoms with E-state index in [1.165, 1.54) is 0 Å². The van der Waals surface area contributed by atoms with Crippen LogP contribution in [0, 0.1) is 0 Å². The highest BCUT2D eigenvalue weighted by molar-refractivity contribution is 7.80. The molecule has 5 heteroatoms. The molecule has 0 radical (unpaired) electrons. The smallest absolute Gasteiger partial charge is 0.129 e. The molecule has 1 rings (SSSR count). The second kappa shape index (κ2) is 7.28. The van der Waals surface area contributed by atoms with Gasteiger partial charge >= 0.3 is 0 Å². The molecule has 1 aromatic rings. The second-order valence-electron chi connectivity index (χ2n) is 4.21. The first-order valence-electron chi connectivity index (χ1n) is 6.11. The van der Waals surface area contributed by atoms with E-state index in [9.17, 15) is 0 Å². The number of nitrogens with zero attached hydrogens (tertiary/aromatic N) is 2. The lowest BCUT2D eigenvalue weighted by molar-refractivity contribution is 0.203. The average molecular weight is 267 g/mol. The zero-order valence-corrected chi connectivity index (χ0v) is 12.0. The average Bonchev–Trinajstić information content (AvgIpc) is 2.39. The molecule has 0 saturated carbocycles. The van der Waals surface area contributed by atoms with Crippen LogP contribution in [0.15, 0.2) is 18.3 Å². The summed E-state index contributed by atoms with van der Waals surface area (Å²) in [6, 6.07) is 4.16. The van der Waals surface area contributed by atoms with Gasteiger partial charge in [-0.3, -0.25) is 0 Å². The summed E-state index contributed by atoms with van der Waals surface area (Å²) in [7, 11) is 1.70. The number of hydrogen-bond acceptors (Lipinski definition) is 4.